The Morgan fingerprint density at radius 3 is 2.67 bits per heavy atom. The molecule has 1 heterocycles. The molecule has 0 bridgehead atoms. The molecule has 0 radical (unpaired) electrons. The highest BCUT2D eigenvalue weighted by molar-refractivity contribution is 9.10. The molecule has 0 aliphatic heterocycles. The highest BCUT2D eigenvalue weighted by Crippen LogP contribution is 2.40. The number of benzene rings is 1. The highest BCUT2D eigenvalue weighted by atomic mass is 79.9. The van der Waals surface area contributed by atoms with E-state index in [1.165, 1.54) is 52.4 Å². The second kappa shape index (κ2) is 7.90. The van der Waals surface area contributed by atoms with Crippen LogP contribution in [0.15, 0.2) is 33.8 Å². The highest BCUT2D eigenvalue weighted by Gasteiger charge is 2.20. The minimum atomic E-state index is 0.0746. The van der Waals surface area contributed by atoms with Crippen LogP contribution in [0.4, 0.5) is 0 Å². The first-order chi connectivity index (χ1) is 11.4. The second-order valence-corrected chi connectivity index (χ2v) is 10.3. The van der Waals surface area contributed by atoms with Gasteiger partial charge in [0, 0.05) is 32.6 Å². The maximum absolute atomic E-state index is 4.77. The molecule has 0 saturated heterocycles. The Morgan fingerprint density at radius 1 is 1.21 bits per heavy atom. The monoisotopic (exact) mass is 424 g/mol. The lowest BCUT2D eigenvalue weighted by molar-refractivity contribution is 0.442. The topological polar surface area (TPSA) is 24.9 Å². The van der Waals surface area contributed by atoms with Crippen molar-refractivity contribution in [3.63, 3.8) is 0 Å². The molecule has 1 aromatic heterocycles. The van der Waals surface area contributed by atoms with Gasteiger partial charge in [0.15, 0.2) is 0 Å². The van der Waals surface area contributed by atoms with Gasteiger partial charge in [-0.05, 0) is 57.7 Å². The summed E-state index contributed by atoms with van der Waals surface area (Å²) in [7, 11) is 0. The van der Waals surface area contributed by atoms with Gasteiger partial charge in [0.1, 0.15) is 0 Å². The summed E-state index contributed by atoms with van der Waals surface area (Å²) >= 11 is 7.19. The lowest BCUT2D eigenvalue weighted by atomic mass is 9.90. The van der Waals surface area contributed by atoms with Gasteiger partial charge in [0.25, 0.3) is 0 Å². The van der Waals surface area contributed by atoms with Crippen LogP contribution < -0.4 is 4.72 Å². The first kappa shape index (κ1) is 18.4. The first-order valence-electron chi connectivity index (χ1n) is 8.62. The Hall–Kier alpha value is -0.360. The SMILES string of the molecule is CC(C)(C)NSc1cc(Br)ccc1-c1cnc(C2CCCCC2)s1. The minimum absolute atomic E-state index is 0.0746. The van der Waals surface area contributed by atoms with E-state index in [-0.39, 0.29) is 5.54 Å². The number of aromatic nitrogens is 1. The molecule has 0 spiro atoms. The van der Waals surface area contributed by atoms with Crippen molar-refractivity contribution in [2.24, 2.45) is 0 Å². The Kier molecular flexibility index (Phi) is 6.07. The molecule has 1 aromatic carbocycles. The molecule has 130 valence electrons. The largest absolute Gasteiger partial charge is 0.255 e. The summed E-state index contributed by atoms with van der Waals surface area (Å²) in [5.74, 6) is 0.678. The zero-order chi connectivity index (χ0) is 17.2. The molecule has 1 aliphatic carbocycles. The van der Waals surface area contributed by atoms with Gasteiger partial charge in [-0.15, -0.1) is 11.3 Å². The van der Waals surface area contributed by atoms with Crippen LogP contribution in [-0.2, 0) is 0 Å². The minimum Gasteiger partial charge on any atom is -0.255 e. The van der Waals surface area contributed by atoms with E-state index in [1.807, 2.05) is 11.3 Å². The molecule has 1 fully saturated rings. The molecule has 5 heteroatoms. The Bertz CT molecular complexity index is 685. The molecule has 1 saturated carbocycles. The number of rotatable bonds is 4. The zero-order valence-corrected chi connectivity index (χ0v) is 17.8. The fourth-order valence-corrected chi connectivity index (χ4v) is 5.54. The van der Waals surface area contributed by atoms with E-state index in [1.54, 1.807) is 11.9 Å². The van der Waals surface area contributed by atoms with E-state index in [2.05, 4.69) is 65.8 Å². The van der Waals surface area contributed by atoms with Gasteiger partial charge in [-0.3, -0.25) is 4.72 Å². The van der Waals surface area contributed by atoms with Gasteiger partial charge in [-0.1, -0.05) is 41.3 Å². The van der Waals surface area contributed by atoms with Crippen LogP contribution in [0.1, 0.15) is 63.8 Å². The molecule has 0 unspecified atom stereocenters. The average molecular weight is 425 g/mol. The number of nitrogens with one attached hydrogen (secondary N) is 1. The summed E-state index contributed by atoms with van der Waals surface area (Å²) in [6.07, 6.45) is 8.78. The third-order valence-corrected chi connectivity index (χ3v) is 7.11. The normalized spacial score (nSPS) is 16.5. The summed E-state index contributed by atoms with van der Waals surface area (Å²) in [5, 5.41) is 1.33. The maximum atomic E-state index is 4.77. The summed E-state index contributed by atoms with van der Waals surface area (Å²) in [6, 6.07) is 6.52. The van der Waals surface area contributed by atoms with Crippen molar-refractivity contribution < 1.29 is 0 Å². The molecule has 24 heavy (non-hydrogen) atoms. The number of hydrogen-bond acceptors (Lipinski definition) is 4. The van der Waals surface area contributed by atoms with Crippen molar-refractivity contribution >= 4 is 39.2 Å². The summed E-state index contributed by atoms with van der Waals surface area (Å²) in [5.41, 5.74) is 1.35. The van der Waals surface area contributed by atoms with Crippen LogP contribution in [0, 0.1) is 0 Å². The number of halogens is 1. The molecule has 1 aliphatic rings. The van der Waals surface area contributed by atoms with Crippen LogP contribution in [0.25, 0.3) is 10.4 Å². The molecular formula is C19H25BrN2S2. The van der Waals surface area contributed by atoms with Gasteiger partial charge in [0.2, 0.25) is 0 Å². The van der Waals surface area contributed by atoms with Crippen LogP contribution in [-0.4, -0.2) is 10.5 Å². The second-order valence-electron chi connectivity index (χ2n) is 7.49. The number of nitrogens with zero attached hydrogens (tertiary/aromatic N) is 1. The molecule has 0 amide bonds. The molecular weight excluding hydrogens is 400 g/mol. The van der Waals surface area contributed by atoms with Crippen molar-refractivity contribution in [3.8, 4) is 10.4 Å². The first-order valence-corrected chi connectivity index (χ1v) is 11.0. The fraction of sp³-hybridized carbons (Fsp3) is 0.526. The lowest BCUT2D eigenvalue weighted by Gasteiger charge is -2.20. The van der Waals surface area contributed by atoms with Crippen molar-refractivity contribution in [1.29, 1.82) is 0 Å². The molecule has 0 atom stereocenters. The van der Waals surface area contributed by atoms with E-state index >= 15 is 0 Å². The molecule has 2 aromatic rings. The quantitative estimate of drug-likeness (QED) is 0.533. The van der Waals surface area contributed by atoms with Crippen molar-refractivity contribution in [2.45, 2.75) is 69.2 Å². The van der Waals surface area contributed by atoms with Crippen molar-refractivity contribution in [2.75, 3.05) is 0 Å². The van der Waals surface area contributed by atoms with Crippen LogP contribution >= 0.6 is 39.2 Å². The standard InChI is InChI=1S/C19H25BrN2S2/c1-19(2,3)22-24-16-11-14(20)9-10-15(16)17-12-21-18(23-17)13-7-5-4-6-8-13/h9-13,22H,4-8H2,1-3H3. The Balaban J connectivity index is 1.84. The van der Waals surface area contributed by atoms with Crippen molar-refractivity contribution in [3.05, 3.63) is 33.9 Å². The molecule has 2 nitrogen and oxygen atoms in total. The smallest absolute Gasteiger partial charge is 0.0962 e. The predicted molar refractivity (Wildman–Crippen MR) is 110 cm³/mol. The van der Waals surface area contributed by atoms with Gasteiger partial charge < -0.3 is 0 Å². The van der Waals surface area contributed by atoms with Gasteiger partial charge in [-0.2, -0.15) is 0 Å². The van der Waals surface area contributed by atoms with Crippen LogP contribution in [0.2, 0.25) is 0 Å². The average Bonchev–Trinajstić information content (AvgIpc) is 3.03. The Morgan fingerprint density at radius 2 is 1.96 bits per heavy atom. The Labute approximate surface area is 162 Å². The van der Waals surface area contributed by atoms with Gasteiger partial charge in [0.05, 0.1) is 9.88 Å². The van der Waals surface area contributed by atoms with E-state index in [9.17, 15) is 0 Å². The number of hydrogen-bond donors (Lipinski definition) is 1. The third kappa shape index (κ3) is 4.84. The van der Waals surface area contributed by atoms with E-state index < -0.39 is 0 Å². The third-order valence-electron chi connectivity index (χ3n) is 4.15. The van der Waals surface area contributed by atoms with E-state index in [0.29, 0.717) is 5.92 Å². The molecule has 1 N–H and O–H groups in total. The lowest BCUT2D eigenvalue weighted by Crippen LogP contribution is -2.29. The number of thiazole rings is 1. The molecule has 3 rings (SSSR count). The van der Waals surface area contributed by atoms with Crippen LogP contribution in [0.5, 0.6) is 0 Å². The van der Waals surface area contributed by atoms with E-state index in [0.717, 1.165) is 4.47 Å². The summed E-state index contributed by atoms with van der Waals surface area (Å²) < 4.78 is 4.64. The predicted octanol–water partition coefficient (Wildman–Crippen LogP) is 7.02. The fourth-order valence-electron chi connectivity index (χ4n) is 2.94. The van der Waals surface area contributed by atoms with Gasteiger partial charge >= 0.3 is 0 Å². The van der Waals surface area contributed by atoms with E-state index in [4.69, 9.17) is 4.98 Å². The van der Waals surface area contributed by atoms with Crippen LogP contribution in [0.3, 0.4) is 0 Å². The van der Waals surface area contributed by atoms with Crippen molar-refractivity contribution in [1.82, 2.24) is 9.71 Å². The maximum Gasteiger partial charge on any atom is 0.0962 e. The summed E-state index contributed by atoms with van der Waals surface area (Å²) in [4.78, 5) is 7.29. The summed E-state index contributed by atoms with van der Waals surface area (Å²) in [6.45, 7) is 6.56. The van der Waals surface area contributed by atoms with Gasteiger partial charge in [-0.25, -0.2) is 4.98 Å². The zero-order valence-electron chi connectivity index (χ0n) is 14.6.